The van der Waals surface area contributed by atoms with Gasteiger partial charge in [-0.2, -0.15) is 0 Å². The Hall–Kier alpha value is -1.62. The van der Waals surface area contributed by atoms with Crippen LogP contribution in [0.1, 0.15) is 35.2 Å². The van der Waals surface area contributed by atoms with Gasteiger partial charge in [0, 0.05) is 12.7 Å². The molecule has 5 nitrogen and oxygen atoms in total. The fraction of sp³-hybridized carbons (Fsp3) is 0.538. The molecule has 1 fully saturated rings. The monoisotopic (exact) mass is 250 g/mol. The highest BCUT2D eigenvalue weighted by molar-refractivity contribution is 5.94. The molecule has 1 aromatic heterocycles. The van der Waals surface area contributed by atoms with Crippen LogP contribution in [0.3, 0.4) is 0 Å². The Kier molecular flexibility index (Phi) is 3.81. The molecule has 98 valence electrons. The summed E-state index contributed by atoms with van der Waals surface area (Å²) < 4.78 is 0. The van der Waals surface area contributed by atoms with E-state index in [0.717, 1.165) is 19.3 Å². The lowest BCUT2D eigenvalue weighted by atomic mass is 10.1. The summed E-state index contributed by atoms with van der Waals surface area (Å²) in [7, 11) is 0. The first kappa shape index (κ1) is 12.8. The highest BCUT2D eigenvalue weighted by Gasteiger charge is 2.23. The van der Waals surface area contributed by atoms with Crippen LogP contribution in [-0.4, -0.2) is 33.8 Å². The minimum absolute atomic E-state index is 0.207. The molecule has 3 N–H and O–H groups in total. The van der Waals surface area contributed by atoms with Crippen molar-refractivity contribution in [2.75, 3.05) is 11.9 Å². The normalized spacial score (nSPS) is 23.0. The van der Waals surface area contributed by atoms with Gasteiger partial charge in [0.05, 0.1) is 6.10 Å². The molecule has 2 unspecified atom stereocenters. The van der Waals surface area contributed by atoms with Gasteiger partial charge < -0.3 is 15.5 Å². The van der Waals surface area contributed by atoms with Crippen LogP contribution in [0.4, 0.5) is 5.82 Å². The molecular formula is C13H18N2O3. The zero-order valence-corrected chi connectivity index (χ0v) is 10.4. The van der Waals surface area contributed by atoms with E-state index in [-0.39, 0.29) is 11.7 Å². The zero-order chi connectivity index (χ0) is 13.1. The molecule has 0 aliphatic heterocycles. The number of hydrogen-bond acceptors (Lipinski definition) is 4. The first-order valence-electron chi connectivity index (χ1n) is 6.18. The van der Waals surface area contributed by atoms with Crippen LogP contribution in [0.15, 0.2) is 12.3 Å². The molecular weight excluding hydrogens is 232 g/mol. The van der Waals surface area contributed by atoms with Gasteiger partial charge in [-0.25, -0.2) is 9.78 Å². The Morgan fingerprint density at radius 1 is 1.56 bits per heavy atom. The smallest absolute Gasteiger partial charge is 0.339 e. The summed E-state index contributed by atoms with van der Waals surface area (Å²) in [6, 6.07) is 1.69. The number of hydrogen-bond donors (Lipinski definition) is 3. The van der Waals surface area contributed by atoms with Crippen LogP contribution < -0.4 is 5.32 Å². The van der Waals surface area contributed by atoms with E-state index in [1.807, 2.05) is 0 Å². The zero-order valence-electron chi connectivity index (χ0n) is 10.4. The number of aromatic carboxylic acids is 1. The molecule has 18 heavy (non-hydrogen) atoms. The second-order valence-corrected chi connectivity index (χ2v) is 4.87. The lowest BCUT2D eigenvalue weighted by molar-refractivity contribution is 0.0696. The van der Waals surface area contributed by atoms with E-state index in [9.17, 15) is 9.90 Å². The Labute approximate surface area is 106 Å². The fourth-order valence-electron chi connectivity index (χ4n) is 2.44. The third-order valence-electron chi connectivity index (χ3n) is 3.44. The molecule has 0 bridgehead atoms. The summed E-state index contributed by atoms with van der Waals surface area (Å²) in [5, 5.41) is 21.7. The van der Waals surface area contributed by atoms with Crippen molar-refractivity contribution in [3.63, 3.8) is 0 Å². The molecule has 1 saturated carbocycles. The van der Waals surface area contributed by atoms with E-state index in [4.69, 9.17) is 5.11 Å². The van der Waals surface area contributed by atoms with Crippen molar-refractivity contribution in [1.29, 1.82) is 0 Å². The number of pyridine rings is 1. The maximum absolute atomic E-state index is 11.2. The number of nitrogens with one attached hydrogen (secondary N) is 1. The fourth-order valence-corrected chi connectivity index (χ4v) is 2.44. The second kappa shape index (κ2) is 5.35. The van der Waals surface area contributed by atoms with Gasteiger partial charge >= 0.3 is 5.97 Å². The first-order valence-corrected chi connectivity index (χ1v) is 6.18. The summed E-state index contributed by atoms with van der Waals surface area (Å²) >= 11 is 0. The number of carbonyl (C=O) groups is 1. The first-order chi connectivity index (χ1) is 8.58. The Bertz CT molecular complexity index is 448. The number of aromatic nitrogens is 1. The number of aryl methyl sites for hydroxylation is 1. The van der Waals surface area contributed by atoms with E-state index in [1.54, 1.807) is 19.2 Å². The van der Waals surface area contributed by atoms with Crippen molar-refractivity contribution in [2.24, 2.45) is 5.92 Å². The molecule has 0 aromatic carbocycles. The maximum Gasteiger partial charge on any atom is 0.339 e. The predicted molar refractivity (Wildman–Crippen MR) is 67.8 cm³/mol. The van der Waals surface area contributed by atoms with Crippen molar-refractivity contribution in [3.8, 4) is 0 Å². The van der Waals surface area contributed by atoms with Crippen molar-refractivity contribution in [2.45, 2.75) is 32.3 Å². The van der Waals surface area contributed by atoms with Crippen LogP contribution in [0.2, 0.25) is 0 Å². The third-order valence-corrected chi connectivity index (χ3v) is 3.44. The third kappa shape index (κ3) is 2.79. The quantitative estimate of drug-likeness (QED) is 0.757. The summed E-state index contributed by atoms with van der Waals surface area (Å²) in [6.45, 7) is 2.42. The molecule has 0 saturated heterocycles. The molecule has 0 amide bonds. The summed E-state index contributed by atoms with van der Waals surface area (Å²) in [5.41, 5.74) is 0.933. The van der Waals surface area contributed by atoms with Gasteiger partial charge in [-0.05, 0) is 43.7 Å². The number of anilines is 1. The minimum atomic E-state index is -0.963. The summed E-state index contributed by atoms with van der Waals surface area (Å²) in [6.07, 6.45) is 3.98. The highest BCUT2D eigenvalue weighted by atomic mass is 16.4. The van der Waals surface area contributed by atoms with Crippen molar-refractivity contribution in [3.05, 3.63) is 23.4 Å². The molecule has 5 heteroatoms. The average molecular weight is 250 g/mol. The van der Waals surface area contributed by atoms with Gasteiger partial charge in [-0.3, -0.25) is 0 Å². The van der Waals surface area contributed by atoms with Gasteiger partial charge in [0.25, 0.3) is 0 Å². The number of aliphatic hydroxyl groups is 1. The van der Waals surface area contributed by atoms with Crippen LogP contribution >= 0.6 is 0 Å². The highest BCUT2D eigenvalue weighted by Crippen LogP contribution is 2.26. The van der Waals surface area contributed by atoms with Crippen LogP contribution in [0, 0.1) is 12.8 Å². The van der Waals surface area contributed by atoms with Gasteiger partial charge in [0.1, 0.15) is 11.4 Å². The molecule has 1 heterocycles. The number of nitrogens with zero attached hydrogens (tertiary/aromatic N) is 1. The number of aliphatic hydroxyl groups excluding tert-OH is 1. The van der Waals surface area contributed by atoms with Gasteiger partial charge in [-0.1, -0.05) is 0 Å². The molecule has 1 aliphatic rings. The van der Waals surface area contributed by atoms with Gasteiger partial charge in [-0.15, -0.1) is 0 Å². The van der Waals surface area contributed by atoms with Crippen LogP contribution in [0.5, 0.6) is 0 Å². The van der Waals surface area contributed by atoms with E-state index in [1.165, 1.54) is 0 Å². The molecule has 0 radical (unpaired) electrons. The predicted octanol–water partition coefficient (Wildman–Crippen LogP) is 1.66. The molecule has 1 aromatic rings. The van der Waals surface area contributed by atoms with Crippen molar-refractivity contribution >= 4 is 11.8 Å². The molecule has 2 rings (SSSR count). The van der Waals surface area contributed by atoms with Crippen molar-refractivity contribution < 1.29 is 15.0 Å². The molecule has 0 spiro atoms. The minimum Gasteiger partial charge on any atom is -0.478 e. The number of carboxylic acids is 1. The SMILES string of the molecule is Cc1ccnc(NCC2CCC(O)C2)c1C(=O)O. The molecule has 1 aliphatic carbocycles. The maximum atomic E-state index is 11.2. The van der Waals surface area contributed by atoms with E-state index in [2.05, 4.69) is 10.3 Å². The topological polar surface area (TPSA) is 82.5 Å². The largest absolute Gasteiger partial charge is 0.478 e. The lowest BCUT2D eigenvalue weighted by Gasteiger charge is -2.14. The second-order valence-electron chi connectivity index (χ2n) is 4.87. The lowest BCUT2D eigenvalue weighted by Crippen LogP contribution is -2.16. The van der Waals surface area contributed by atoms with Gasteiger partial charge in [0.2, 0.25) is 0 Å². The van der Waals surface area contributed by atoms with E-state index < -0.39 is 5.97 Å². The van der Waals surface area contributed by atoms with E-state index >= 15 is 0 Å². The number of rotatable bonds is 4. The van der Waals surface area contributed by atoms with Crippen molar-refractivity contribution in [1.82, 2.24) is 4.98 Å². The molecule has 2 atom stereocenters. The number of carboxylic acid groups (broad SMARTS) is 1. The summed E-state index contributed by atoms with van der Waals surface area (Å²) in [5.74, 6) is -0.151. The Morgan fingerprint density at radius 3 is 2.94 bits per heavy atom. The van der Waals surface area contributed by atoms with Crippen LogP contribution in [0.25, 0.3) is 0 Å². The van der Waals surface area contributed by atoms with Crippen LogP contribution in [-0.2, 0) is 0 Å². The average Bonchev–Trinajstić information content (AvgIpc) is 2.72. The Balaban J connectivity index is 2.05. The van der Waals surface area contributed by atoms with Gasteiger partial charge in [0.15, 0.2) is 0 Å². The Morgan fingerprint density at radius 2 is 2.33 bits per heavy atom. The standard InChI is InChI=1S/C13H18N2O3/c1-8-4-5-14-12(11(8)13(17)18)15-7-9-2-3-10(16)6-9/h4-5,9-10,16H,2-3,6-7H2,1H3,(H,14,15)(H,17,18). The van der Waals surface area contributed by atoms with E-state index in [0.29, 0.717) is 23.8 Å². The summed E-state index contributed by atoms with van der Waals surface area (Å²) in [4.78, 5) is 15.3.